The Bertz CT molecular complexity index is 781. The van der Waals surface area contributed by atoms with Gasteiger partial charge in [0, 0.05) is 30.5 Å². The second-order valence-corrected chi connectivity index (χ2v) is 6.16. The highest BCUT2D eigenvalue weighted by Gasteiger charge is 2.16. The zero-order chi connectivity index (χ0) is 18.2. The molecule has 0 spiro atoms. The van der Waals surface area contributed by atoms with Gasteiger partial charge in [-0.3, -0.25) is 9.59 Å². The molecule has 5 heteroatoms. The van der Waals surface area contributed by atoms with Gasteiger partial charge in [-0.15, -0.1) is 0 Å². The van der Waals surface area contributed by atoms with Crippen LogP contribution >= 0.6 is 0 Å². The van der Waals surface area contributed by atoms with E-state index in [1.807, 2.05) is 30.3 Å². The largest absolute Gasteiger partial charge is 0.376 e. The summed E-state index contributed by atoms with van der Waals surface area (Å²) in [7, 11) is 0. The van der Waals surface area contributed by atoms with Crippen LogP contribution in [-0.2, 0) is 9.53 Å². The summed E-state index contributed by atoms with van der Waals surface area (Å²) < 4.78 is 5.50. The number of benzene rings is 2. The van der Waals surface area contributed by atoms with Gasteiger partial charge in [-0.2, -0.15) is 0 Å². The van der Waals surface area contributed by atoms with Gasteiger partial charge in [-0.05, 0) is 42.7 Å². The van der Waals surface area contributed by atoms with Gasteiger partial charge in [-0.1, -0.05) is 36.4 Å². The summed E-state index contributed by atoms with van der Waals surface area (Å²) in [5.74, 6) is -0.415. The molecule has 26 heavy (non-hydrogen) atoms. The molecule has 0 saturated carbocycles. The van der Waals surface area contributed by atoms with E-state index in [2.05, 4.69) is 10.6 Å². The topological polar surface area (TPSA) is 67.4 Å². The van der Waals surface area contributed by atoms with Gasteiger partial charge in [-0.25, -0.2) is 0 Å². The maximum atomic E-state index is 12.3. The van der Waals surface area contributed by atoms with Crippen LogP contribution < -0.4 is 10.6 Å². The van der Waals surface area contributed by atoms with E-state index in [1.54, 1.807) is 30.3 Å². The highest BCUT2D eigenvalue weighted by molar-refractivity contribution is 6.03. The maximum Gasteiger partial charge on any atom is 0.251 e. The van der Waals surface area contributed by atoms with Gasteiger partial charge in [0.1, 0.15) is 0 Å². The third-order valence-corrected chi connectivity index (χ3v) is 4.13. The van der Waals surface area contributed by atoms with Gasteiger partial charge in [0.05, 0.1) is 6.10 Å². The van der Waals surface area contributed by atoms with Crippen LogP contribution in [0.15, 0.2) is 60.7 Å². The lowest BCUT2D eigenvalue weighted by molar-refractivity contribution is -0.111. The molecule has 1 unspecified atom stereocenters. The van der Waals surface area contributed by atoms with Crippen LogP contribution in [0.4, 0.5) is 5.69 Å². The standard InChI is InChI=1S/C21H22N2O3/c24-20(12-11-16-6-2-1-3-7-16)23-18-9-4-8-17(14-18)21(25)22-15-19-10-5-13-26-19/h1-4,6-9,11-12,14,19H,5,10,13,15H2,(H,22,25)(H,23,24)/b12-11+. The fourth-order valence-corrected chi connectivity index (χ4v) is 2.77. The first-order valence-corrected chi connectivity index (χ1v) is 8.75. The molecule has 0 aromatic heterocycles. The van der Waals surface area contributed by atoms with Crippen molar-refractivity contribution in [2.75, 3.05) is 18.5 Å². The minimum atomic E-state index is -0.245. The van der Waals surface area contributed by atoms with Gasteiger partial charge in [0.15, 0.2) is 0 Å². The van der Waals surface area contributed by atoms with E-state index < -0.39 is 0 Å². The Morgan fingerprint density at radius 3 is 2.73 bits per heavy atom. The lowest BCUT2D eigenvalue weighted by Gasteiger charge is -2.11. The summed E-state index contributed by atoms with van der Waals surface area (Å²) >= 11 is 0. The second-order valence-electron chi connectivity index (χ2n) is 6.16. The van der Waals surface area contributed by atoms with E-state index in [-0.39, 0.29) is 17.9 Å². The normalized spacial score (nSPS) is 16.5. The van der Waals surface area contributed by atoms with E-state index in [1.165, 1.54) is 6.08 Å². The minimum absolute atomic E-state index is 0.102. The molecule has 2 amide bonds. The molecule has 1 aliphatic heterocycles. The molecule has 0 aliphatic carbocycles. The van der Waals surface area contributed by atoms with Crippen molar-refractivity contribution in [3.8, 4) is 0 Å². The zero-order valence-corrected chi connectivity index (χ0v) is 14.5. The molecule has 3 rings (SSSR count). The molecule has 0 radical (unpaired) electrons. The Balaban J connectivity index is 1.55. The Morgan fingerprint density at radius 1 is 1.12 bits per heavy atom. The number of nitrogens with one attached hydrogen (secondary N) is 2. The Hall–Kier alpha value is -2.92. The molecular formula is C21H22N2O3. The first-order valence-electron chi connectivity index (χ1n) is 8.75. The zero-order valence-electron chi connectivity index (χ0n) is 14.5. The molecule has 2 aromatic carbocycles. The third-order valence-electron chi connectivity index (χ3n) is 4.13. The summed E-state index contributed by atoms with van der Waals surface area (Å²) in [6, 6.07) is 16.5. The van der Waals surface area contributed by atoms with Gasteiger partial charge < -0.3 is 15.4 Å². The first kappa shape index (κ1) is 17.9. The van der Waals surface area contributed by atoms with Crippen LogP contribution in [0.25, 0.3) is 6.08 Å². The van der Waals surface area contributed by atoms with Crippen LogP contribution in [0.1, 0.15) is 28.8 Å². The van der Waals surface area contributed by atoms with Crippen molar-refractivity contribution in [1.29, 1.82) is 0 Å². The summed E-state index contributed by atoms with van der Waals surface area (Å²) in [5.41, 5.74) is 2.04. The van der Waals surface area contributed by atoms with E-state index >= 15 is 0 Å². The summed E-state index contributed by atoms with van der Waals surface area (Å²) in [6.07, 6.45) is 5.33. The number of anilines is 1. The number of carbonyl (C=O) groups is 2. The molecule has 1 heterocycles. The molecule has 134 valence electrons. The number of hydrogen-bond acceptors (Lipinski definition) is 3. The molecular weight excluding hydrogens is 328 g/mol. The predicted octanol–water partition coefficient (Wildman–Crippen LogP) is 3.25. The molecule has 2 N–H and O–H groups in total. The minimum Gasteiger partial charge on any atom is -0.376 e. The number of rotatable bonds is 6. The quantitative estimate of drug-likeness (QED) is 0.786. The highest BCUT2D eigenvalue weighted by Crippen LogP contribution is 2.13. The maximum absolute atomic E-state index is 12.3. The van der Waals surface area contributed by atoms with Crippen molar-refractivity contribution >= 4 is 23.6 Å². The fourth-order valence-electron chi connectivity index (χ4n) is 2.77. The molecule has 1 fully saturated rings. The van der Waals surface area contributed by atoms with Gasteiger partial charge >= 0.3 is 0 Å². The van der Waals surface area contributed by atoms with Crippen LogP contribution in [0.2, 0.25) is 0 Å². The lowest BCUT2D eigenvalue weighted by atomic mass is 10.1. The molecule has 5 nitrogen and oxygen atoms in total. The Morgan fingerprint density at radius 2 is 1.96 bits per heavy atom. The number of carbonyl (C=O) groups excluding carboxylic acids is 2. The SMILES string of the molecule is O=C(/C=C/c1ccccc1)Nc1cccc(C(=O)NCC2CCCO2)c1. The monoisotopic (exact) mass is 350 g/mol. The summed E-state index contributed by atoms with van der Waals surface area (Å²) in [4.78, 5) is 24.3. The fraction of sp³-hybridized carbons (Fsp3) is 0.238. The number of amides is 2. The van der Waals surface area contributed by atoms with Crippen molar-refractivity contribution in [3.05, 3.63) is 71.8 Å². The first-order chi connectivity index (χ1) is 12.7. The van der Waals surface area contributed by atoms with Crippen molar-refractivity contribution < 1.29 is 14.3 Å². The molecule has 2 aromatic rings. The average Bonchev–Trinajstić information content (AvgIpc) is 3.19. The van der Waals surface area contributed by atoms with Crippen LogP contribution in [0.3, 0.4) is 0 Å². The van der Waals surface area contributed by atoms with Crippen molar-refractivity contribution in [3.63, 3.8) is 0 Å². The van der Waals surface area contributed by atoms with Gasteiger partial charge in [0.2, 0.25) is 5.91 Å². The molecule has 1 saturated heterocycles. The molecule has 0 bridgehead atoms. The smallest absolute Gasteiger partial charge is 0.251 e. The van der Waals surface area contributed by atoms with Gasteiger partial charge in [0.25, 0.3) is 5.91 Å². The van der Waals surface area contributed by atoms with E-state index in [0.717, 1.165) is 25.0 Å². The van der Waals surface area contributed by atoms with E-state index in [9.17, 15) is 9.59 Å². The van der Waals surface area contributed by atoms with E-state index in [4.69, 9.17) is 4.74 Å². The van der Waals surface area contributed by atoms with Crippen LogP contribution in [0, 0.1) is 0 Å². The number of ether oxygens (including phenoxy) is 1. The molecule has 1 aliphatic rings. The second kappa shape index (κ2) is 8.97. The van der Waals surface area contributed by atoms with E-state index in [0.29, 0.717) is 17.8 Å². The lowest BCUT2D eigenvalue weighted by Crippen LogP contribution is -2.31. The highest BCUT2D eigenvalue weighted by atomic mass is 16.5. The van der Waals surface area contributed by atoms with Crippen molar-refractivity contribution in [1.82, 2.24) is 5.32 Å². The Labute approximate surface area is 153 Å². The summed E-state index contributed by atoms with van der Waals surface area (Å²) in [5, 5.41) is 5.65. The Kier molecular flexibility index (Phi) is 6.17. The van der Waals surface area contributed by atoms with Crippen molar-refractivity contribution in [2.24, 2.45) is 0 Å². The van der Waals surface area contributed by atoms with Crippen LogP contribution in [-0.4, -0.2) is 31.1 Å². The predicted molar refractivity (Wildman–Crippen MR) is 102 cm³/mol. The summed E-state index contributed by atoms with van der Waals surface area (Å²) in [6.45, 7) is 1.27. The van der Waals surface area contributed by atoms with Crippen molar-refractivity contribution in [2.45, 2.75) is 18.9 Å². The molecule has 1 atom stereocenters. The third kappa shape index (κ3) is 5.29. The number of hydrogen-bond donors (Lipinski definition) is 2. The van der Waals surface area contributed by atoms with Crippen LogP contribution in [0.5, 0.6) is 0 Å². The average molecular weight is 350 g/mol.